The van der Waals surface area contributed by atoms with Crippen molar-refractivity contribution in [2.45, 2.75) is 39.5 Å². The molecule has 1 aromatic rings. The molecule has 1 aliphatic carbocycles. The van der Waals surface area contributed by atoms with E-state index in [2.05, 4.69) is 0 Å². The van der Waals surface area contributed by atoms with E-state index in [0.717, 1.165) is 0 Å². The highest BCUT2D eigenvalue weighted by molar-refractivity contribution is 6.32. The van der Waals surface area contributed by atoms with Gasteiger partial charge in [0.25, 0.3) is 5.69 Å². The van der Waals surface area contributed by atoms with Gasteiger partial charge in [-0.25, -0.2) is 4.79 Å². The summed E-state index contributed by atoms with van der Waals surface area (Å²) in [5.41, 5.74) is 5.96. The van der Waals surface area contributed by atoms with Gasteiger partial charge in [0.2, 0.25) is 5.88 Å². The molecule has 0 fully saturated rings. The second-order valence-corrected chi connectivity index (χ2v) is 8.19. The molecule has 0 bridgehead atoms. The van der Waals surface area contributed by atoms with Gasteiger partial charge < -0.3 is 15.2 Å². The van der Waals surface area contributed by atoms with Crippen LogP contribution in [0.5, 0.6) is 0 Å². The topological polar surface area (TPSA) is 122 Å². The normalized spacial score (nSPS) is 20.8. The van der Waals surface area contributed by atoms with Crippen LogP contribution in [0, 0.1) is 15.5 Å². The number of allylic oxidation sites excluding steroid dienone is 2. The number of nitrogens with zero attached hydrogens (tertiary/aromatic N) is 1. The summed E-state index contributed by atoms with van der Waals surface area (Å²) in [6.07, 6.45) is 0.689. The summed E-state index contributed by atoms with van der Waals surface area (Å²) in [5, 5.41) is 11.3. The summed E-state index contributed by atoms with van der Waals surface area (Å²) in [4.78, 5) is 36.4. The van der Waals surface area contributed by atoms with E-state index in [9.17, 15) is 19.7 Å². The van der Waals surface area contributed by atoms with E-state index in [0.29, 0.717) is 17.7 Å². The molecule has 0 radical (unpaired) electrons. The number of ether oxygens (including phenoxy) is 2. The fourth-order valence-corrected chi connectivity index (χ4v) is 3.96. The molecule has 0 amide bonds. The van der Waals surface area contributed by atoms with Crippen molar-refractivity contribution in [2.75, 3.05) is 6.61 Å². The summed E-state index contributed by atoms with van der Waals surface area (Å²) >= 11 is 5.94. The monoisotopic (exact) mass is 420 g/mol. The molecule has 0 saturated carbocycles. The molecule has 0 aromatic heterocycles. The fourth-order valence-electron chi connectivity index (χ4n) is 3.77. The zero-order valence-electron chi connectivity index (χ0n) is 16.3. The van der Waals surface area contributed by atoms with Gasteiger partial charge in [-0.1, -0.05) is 31.5 Å². The SMILES string of the molecule is CCOC(=O)C1=C(N)OC2=C(C(=O)CC(C)(C)C2)[C@H]1c1ccc(Cl)c([N+](=O)[O-])c1. The molecule has 1 aliphatic heterocycles. The van der Waals surface area contributed by atoms with Gasteiger partial charge in [-0.05, 0) is 24.0 Å². The van der Waals surface area contributed by atoms with Crippen LogP contribution in [0.4, 0.5) is 5.69 Å². The number of carbonyl (C=O) groups excluding carboxylic acids is 2. The van der Waals surface area contributed by atoms with Gasteiger partial charge in [0.1, 0.15) is 16.4 Å². The second kappa shape index (κ2) is 7.51. The molecule has 9 heteroatoms. The summed E-state index contributed by atoms with van der Waals surface area (Å²) < 4.78 is 10.8. The number of ketones is 1. The van der Waals surface area contributed by atoms with Gasteiger partial charge in [-0.2, -0.15) is 0 Å². The summed E-state index contributed by atoms with van der Waals surface area (Å²) in [6, 6.07) is 4.15. The zero-order valence-corrected chi connectivity index (χ0v) is 17.0. The molecule has 0 spiro atoms. The molecule has 1 heterocycles. The van der Waals surface area contributed by atoms with Crippen molar-refractivity contribution in [2.24, 2.45) is 11.1 Å². The highest BCUT2D eigenvalue weighted by Gasteiger charge is 2.45. The molecule has 2 N–H and O–H groups in total. The van der Waals surface area contributed by atoms with Gasteiger partial charge in [0, 0.05) is 24.5 Å². The van der Waals surface area contributed by atoms with E-state index in [1.54, 1.807) is 6.92 Å². The van der Waals surface area contributed by atoms with Crippen LogP contribution in [0.2, 0.25) is 5.02 Å². The van der Waals surface area contributed by atoms with Crippen LogP contribution in [0.1, 0.15) is 45.1 Å². The highest BCUT2D eigenvalue weighted by atomic mass is 35.5. The minimum Gasteiger partial charge on any atom is -0.462 e. The Labute approximate surface area is 172 Å². The average molecular weight is 421 g/mol. The lowest BCUT2D eigenvalue weighted by molar-refractivity contribution is -0.384. The third-order valence-electron chi connectivity index (χ3n) is 4.95. The molecule has 1 atom stereocenters. The molecule has 0 unspecified atom stereocenters. The molecule has 1 aromatic carbocycles. The Morgan fingerprint density at radius 3 is 2.72 bits per heavy atom. The standard InChI is InChI=1S/C20H21ClN2O6/c1-4-28-19(25)17-15(10-5-6-11(21)12(7-10)23(26)27)16-13(24)8-20(2,3)9-14(16)29-18(17)22/h5-7,15H,4,8-9,22H2,1-3H3/t15-/m1/s1. The quantitative estimate of drug-likeness (QED) is 0.447. The third-order valence-corrected chi connectivity index (χ3v) is 5.27. The maximum Gasteiger partial charge on any atom is 0.340 e. The van der Waals surface area contributed by atoms with E-state index in [-0.39, 0.29) is 52.0 Å². The van der Waals surface area contributed by atoms with Crippen molar-refractivity contribution in [3.63, 3.8) is 0 Å². The predicted molar refractivity (Wildman–Crippen MR) is 105 cm³/mol. The predicted octanol–water partition coefficient (Wildman–Crippen LogP) is 3.74. The molecular formula is C20H21ClN2O6. The number of hydrogen-bond donors (Lipinski definition) is 1. The largest absolute Gasteiger partial charge is 0.462 e. The molecule has 29 heavy (non-hydrogen) atoms. The van der Waals surface area contributed by atoms with Crippen LogP contribution in [0.25, 0.3) is 0 Å². The Morgan fingerprint density at radius 1 is 1.41 bits per heavy atom. The van der Waals surface area contributed by atoms with Crippen LogP contribution in [-0.2, 0) is 19.1 Å². The van der Waals surface area contributed by atoms with Gasteiger partial charge >= 0.3 is 5.97 Å². The lowest BCUT2D eigenvalue weighted by Crippen LogP contribution is -2.35. The second-order valence-electron chi connectivity index (χ2n) is 7.78. The van der Waals surface area contributed by atoms with Crippen molar-refractivity contribution in [1.82, 2.24) is 0 Å². The molecule has 154 valence electrons. The van der Waals surface area contributed by atoms with Gasteiger partial charge in [-0.3, -0.25) is 14.9 Å². The molecular weight excluding hydrogens is 400 g/mol. The minimum absolute atomic E-state index is 0.0460. The first-order valence-corrected chi connectivity index (χ1v) is 9.48. The number of nitro groups is 1. The minimum atomic E-state index is -0.933. The van der Waals surface area contributed by atoms with Crippen LogP contribution in [0.15, 0.2) is 41.0 Å². The Morgan fingerprint density at radius 2 is 2.10 bits per heavy atom. The molecule has 2 aliphatic rings. The highest BCUT2D eigenvalue weighted by Crippen LogP contribution is 2.49. The average Bonchev–Trinajstić information content (AvgIpc) is 2.59. The number of rotatable bonds is 4. The fraction of sp³-hybridized carbons (Fsp3) is 0.400. The van der Waals surface area contributed by atoms with Crippen molar-refractivity contribution >= 4 is 29.0 Å². The van der Waals surface area contributed by atoms with Crippen molar-refractivity contribution in [3.8, 4) is 0 Å². The Hall–Kier alpha value is -2.87. The lowest BCUT2D eigenvalue weighted by Gasteiger charge is -2.37. The molecule has 8 nitrogen and oxygen atoms in total. The number of nitro benzene ring substituents is 1. The Kier molecular flexibility index (Phi) is 5.40. The smallest absolute Gasteiger partial charge is 0.340 e. The first-order valence-electron chi connectivity index (χ1n) is 9.10. The Balaban J connectivity index is 2.23. The molecule has 3 rings (SSSR count). The zero-order chi connectivity index (χ0) is 21.5. The van der Waals surface area contributed by atoms with Crippen LogP contribution < -0.4 is 5.73 Å². The van der Waals surface area contributed by atoms with Crippen LogP contribution in [-0.4, -0.2) is 23.3 Å². The number of esters is 1. The van der Waals surface area contributed by atoms with Gasteiger partial charge in [-0.15, -0.1) is 0 Å². The maximum absolute atomic E-state index is 13.0. The van der Waals surface area contributed by atoms with E-state index in [1.807, 2.05) is 13.8 Å². The number of halogens is 1. The van der Waals surface area contributed by atoms with Gasteiger partial charge in [0.05, 0.1) is 17.4 Å². The first-order chi connectivity index (χ1) is 13.6. The third kappa shape index (κ3) is 3.85. The number of benzene rings is 1. The number of hydrogen-bond acceptors (Lipinski definition) is 7. The Bertz CT molecular complexity index is 979. The van der Waals surface area contributed by atoms with E-state index >= 15 is 0 Å². The van der Waals surface area contributed by atoms with E-state index in [4.69, 9.17) is 26.8 Å². The number of nitrogens with two attached hydrogens (primary N) is 1. The van der Waals surface area contributed by atoms with Crippen molar-refractivity contribution in [1.29, 1.82) is 0 Å². The first kappa shape index (κ1) is 20.9. The molecule has 0 saturated heterocycles. The summed E-state index contributed by atoms with van der Waals surface area (Å²) in [5.74, 6) is -1.67. The van der Waals surface area contributed by atoms with Crippen molar-refractivity contribution < 1.29 is 24.0 Å². The maximum atomic E-state index is 13.0. The summed E-state index contributed by atoms with van der Waals surface area (Å²) in [6.45, 7) is 5.59. The van der Waals surface area contributed by atoms with E-state index < -0.39 is 16.8 Å². The van der Waals surface area contributed by atoms with Crippen molar-refractivity contribution in [3.05, 3.63) is 61.7 Å². The van der Waals surface area contributed by atoms with Gasteiger partial charge in [0.15, 0.2) is 5.78 Å². The van der Waals surface area contributed by atoms with Crippen LogP contribution >= 0.6 is 11.6 Å². The van der Waals surface area contributed by atoms with Crippen LogP contribution in [0.3, 0.4) is 0 Å². The lowest BCUT2D eigenvalue weighted by atomic mass is 9.70. The number of carbonyl (C=O) groups is 2. The van der Waals surface area contributed by atoms with E-state index in [1.165, 1.54) is 18.2 Å². The summed E-state index contributed by atoms with van der Waals surface area (Å²) in [7, 11) is 0. The number of Topliss-reactive ketones (excluding diaryl/α,β-unsaturated/α-hetero) is 1.